The van der Waals surface area contributed by atoms with Crippen molar-refractivity contribution in [2.45, 2.75) is 6.61 Å². The number of aryl methyl sites for hydroxylation is 1. The number of nitrogens with zero attached hydrogens (tertiary/aromatic N) is 2. The Kier molecular flexibility index (Phi) is 2.09. The molecule has 0 aliphatic heterocycles. The lowest BCUT2D eigenvalue weighted by atomic mass is 10.1. The molecule has 0 radical (unpaired) electrons. The molecule has 0 amide bonds. The molecule has 0 saturated carbocycles. The first-order valence-electron chi connectivity index (χ1n) is 3.93. The number of aliphatic hydroxyl groups is 1. The summed E-state index contributed by atoms with van der Waals surface area (Å²) in [5, 5.41) is 14.4. The predicted molar refractivity (Wildman–Crippen MR) is 54.3 cm³/mol. The molecule has 1 N–H and O–H groups in total. The highest BCUT2D eigenvalue weighted by molar-refractivity contribution is 9.10. The van der Waals surface area contributed by atoms with E-state index in [-0.39, 0.29) is 6.61 Å². The van der Waals surface area contributed by atoms with Crippen molar-refractivity contribution in [3.63, 3.8) is 0 Å². The van der Waals surface area contributed by atoms with Gasteiger partial charge in [-0.05, 0) is 17.7 Å². The van der Waals surface area contributed by atoms with Crippen LogP contribution in [-0.4, -0.2) is 14.9 Å². The van der Waals surface area contributed by atoms with Crippen molar-refractivity contribution in [2.75, 3.05) is 0 Å². The van der Waals surface area contributed by atoms with Gasteiger partial charge in [0.25, 0.3) is 0 Å². The first kappa shape index (κ1) is 8.72. The number of hydrogen-bond acceptors (Lipinski definition) is 2. The molecule has 4 heteroatoms. The first-order chi connectivity index (χ1) is 6.20. The van der Waals surface area contributed by atoms with E-state index in [1.807, 2.05) is 25.4 Å². The smallest absolute Gasteiger partial charge is 0.0938 e. The monoisotopic (exact) mass is 240 g/mol. The van der Waals surface area contributed by atoms with Gasteiger partial charge >= 0.3 is 0 Å². The van der Waals surface area contributed by atoms with E-state index in [9.17, 15) is 0 Å². The summed E-state index contributed by atoms with van der Waals surface area (Å²) in [7, 11) is 1.87. The summed E-state index contributed by atoms with van der Waals surface area (Å²) in [6, 6.07) is 3.85. The van der Waals surface area contributed by atoms with Crippen LogP contribution in [0.3, 0.4) is 0 Å². The zero-order chi connectivity index (χ0) is 9.42. The van der Waals surface area contributed by atoms with Crippen LogP contribution in [0.15, 0.2) is 22.8 Å². The molecule has 1 heterocycles. The number of fused-ring (bicyclic) bond motifs is 1. The number of aromatic nitrogens is 2. The van der Waals surface area contributed by atoms with Gasteiger partial charge in [-0.1, -0.05) is 15.9 Å². The number of halogens is 1. The number of aliphatic hydroxyl groups excluding tert-OH is 1. The Morgan fingerprint density at radius 1 is 1.54 bits per heavy atom. The third-order valence-corrected chi connectivity index (χ3v) is 2.42. The van der Waals surface area contributed by atoms with Crippen LogP contribution in [0.2, 0.25) is 0 Å². The van der Waals surface area contributed by atoms with Crippen LogP contribution in [0.25, 0.3) is 10.9 Å². The average molecular weight is 241 g/mol. The van der Waals surface area contributed by atoms with Gasteiger partial charge in [-0.15, -0.1) is 0 Å². The van der Waals surface area contributed by atoms with Crippen molar-refractivity contribution in [3.8, 4) is 0 Å². The SMILES string of the molecule is Cn1cc2c(CO)cc(Br)cc2n1. The number of benzene rings is 1. The van der Waals surface area contributed by atoms with E-state index >= 15 is 0 Å². The minimum atomic E-state index is 0.0433. The maximum Gasteiger partial charge on any atom is 0.0938 e. The summed E-state index contributed by atoms with van der Waals surface area (Å²) in [6.45, 7) is 0.0433. The van der Waals surface area contributed by atoms with Gasteiger partial charge in [-0.25, -0.2) is 0 Å². The maximum absolute atomic E-state index is 9.11. The standard InChI is InChI=1S/C9H9BrN2O/c1-12-4-8-6(5-13)2-7(10)3-9(8)11-12/h2-4,13H,5H2,1H3. The predicted octanol–water partition coefficient (Wildman–Crippen LogP) is 1.83. The van der Waals surface area contributed by atoms with Gasteiger partial charge in [0.15, 0.2) is 0 Å². The molecule has 2 aromatic rings. The number of rotatable bonds is 1. The molecule has 0 atom stereocenters. The molecule has 68 valence electrons. The van der Waals surface area contributed by atoms with E-state index in [0.717, 1.165) is 20.9 Å². The molecular weight excluding hydrogens is 232 g/mol. The zero-order valence-corrected chi connectivity index (χ0v) is 8.74. The molecule has 0 spiro atoms. The molecule has 3 nitrogen and oxygen atoms in total. The summed E-state index contributed by atoms with van der Waals surface area (Å²) in [6.07, 6.45) is 1.91. The molecule has 0 saturated heterocycles. The van der Waals surface area contributed by atoms with E-state index in [4.69, 9.17) is 5.11 Å². The highest BCUT2D eigenvalue weighted by Crippen LogP contribution is 2.23. The molecule has 0 fully saturated rings. The zero-order valence-electron chi connectivity index (χ0n) is 7.16. The van der Waals surface area contributed by atoms with Gasteiger partial charge < -0.3 is 5.11 Å². The minimum Gasteiger partial charge on any atom is -0.392 e. The molecular formula is C9H9BrN2O. The lowest BCUT2D eigenvalue weighted by Gasteiger charge is -1.98. The summed E-state index contributed by atoms with van der Waals surface area (Å²) in [5.41, 5.74) is 1.80. The van der Waals surface area contributed by atoms with E-state index in [1.165, 1.54) is 0 Å². The van der Waals surface area contributed by atoms with E-state index in [2.05, 4.69) is 21.0 Å². The normalized spacial score (nSPS) is 11.0. The van der Waals surface area contributed by atoms with Crippen LogP contribution < -0.4 is 0 Å². The van der Waals surface area contributed by atoms with Gasteiger partial charge in [0, 0.05) is 23.1 Å². The van der Waals surface area contributed by atoms with Crippen molar-refractivity contribution in [2.24, 2.45) is 7.05 Å². The lowest BCUT2D eigenvalue weighted by Crippen LogP contribution is -1.84. The Bertz CT molecular complexity index is 450. The van der Waals surface area contributed by atoms with Crippen LogP contribution >= 0.6 is 15.9 Å². The van der Waals surface area contributed by atoms with E-state index in [1.54, 1.807) is 4.68 Å². The van der Waals surface area contributed by atoms with Crippen molar-refractivity contribution in [3.05, 3.63) is 28.4 Å². The Morgan fingerprint density at radius 2 is 2.31 bits per heavy atom. The molecule has 2 rings (SSSR count). The molecule has 1 aromatic carbocycles. The number of hydrogen-bond donors (Lipinski definition) is 1. The topological polar surface area (TPSA) is 38.0 Å². The fourth-order valence-electron chi connectivity index (χ4n) is 1.41. The lowest BCUT2D eigenvalue weighted by molar-refractivity contribution is 0.283. The van der Waals surface area contributed by atoms with Crippen LogP contribution in [0.5, 0.6) is 0 Å². The van der Waals surface area contributed by atoms with Gasteiger partial charge in [0.05, 0.1) is 12.1 Å². The second-order valence-electron chi connectivity index (χ2n) is 2.96. The fraction of sp³-hybridized carbons (Fsp3) is 0.222. The highest BCUT2D eigenvalue weighted by Gasteiger charge is 2.05. The Balaban J connectivity index is 2.80. The van der Waals surface area contributed by atoms with Gasteiger partial charge in [-0.2, -0.15) is 5.10 Å². The Labute approximate surface area is 84.1 Å². The van der Waals surface area contributed by atoms with Gasteiger partial charge in [-0.3, -0.25) is 4.68 Å². The third kappa shape index (κ3) is 1.47. The van der Waals surface area contributed by atoms with Crippen molar-refractivity contribution in [1.82, 2.24) is 9.78 Å². The second-order valence-corrected chi connectivity index (χ2v) is 3.87. The van der Waals surface area contributed by atoms with Gasteiger partial charge in [0.1, 0.15) is 0 Å². The van der Waals surface area contributed by atoms with Gasteiger partial charge in [0.2, 0.25) is 0 Å². The van der Waals surface area contributed by atoms with Crippen molar-refractivity contribution in [1.29, 1.82) is 0 Å². The second kappa shape index (κ2) is 3.12. The first-order valence-corrected chi connectivity index (χ1v) is 4.72. The fourth-order valence-corrected chi connectivity index (χ4v) is 1.90. The largest absolute Gasteiger partial charge is 0.392 e. The quantitative estimate of drug-likeness (QED) is 0.827. The van der Waals surface area contributed by atoms with E-state index < -0.39 is 0 Å². The molecule has 0 aliphatic carbocycles. The molecule has 0 unspecified atom stereocenters. The minimum absolute atomic E-state index is 0.0433. The highest BCUT2D eigenvalue weighted by atomic mass is 79.9. The van der Waals surface area contributed by atoms with Crippen molar-refractivity contribution >= 4 is 26.8 Å². The van der Waals surface area contributed by atoms with Crippen LogP contribution in [0.4, 0.5) is 0 Å². The molecule has 0 aliphatic rings. The summed E-state index contributed by atoms with van der Waals surface area (Å²) in [4.78, 5) is 0. The van der Waals surface area contributed by atoms with Crippen LogP contribution in [0, 0.1) is 0 Å². The molecule has 13 heavy (non-hydrogen) atoms. The van der Waals surface area contributed by atoms with Crippen LogP contribution in [0.1, 0.15) is 5.56 Å². The summed E-state index contributed by atoms with van der Waals surface area (Å²) in [5.74, 6) is 0. The van der Waals surface area contributed by atoms with E-state index in [0.29, 0.717) is 0 Å². The third-order valence-electron chi connectivity index (χ3n) is 1.96. The maximum atomic E-state index is 9.11. The molecule has 1 aromatic heterocycles. The van der Waals surface area contributed by atoms with Crippen molar-refractivity contribution < 1.29 is 5.11 Å². The average Bonchev–Trinajstić information content (AvgIpc) is 2.43. The Hall–Kier alpha value is -0.870. The Morgan fingerprint density at radius 3 is 3.00 bits per heavy atom. The van der Waals surface area contributed by atoms with Crippen LogP contribution in [-0.2, 0) is 13.7 Å². The summed E-state index contributed by atoms with van der Waals surface area (Å²) >= 11 is 3.37. The molecule has 0 bridgehead atoms. The summed E-state index contributed by atoms with van der Waals surface area (Å²) < 4.78 is 2.69.